The zero-order chi connectivity index (χ0) is 10.1. The molecule has 0 saturated heterocycles. The summed E-state index contributed by atoms with van der Waals surface area (Å²) in [7, 11) is 0. The number of nitrogens with zero attached hydrogens (tertiary/aromatic N) is 1. The Kier molecular flexibility index (Phi) is 7.39. The van der Waals surface area contributed by atoms with Crippen LogP contribution in [0, 0.1) is 5.92 Å². The van der Waals surface area contributed by atoms with Gasteiger partial charge in [0, 0.05) is 13.1 Å². The van der Waals surface area contributed by atoms with Crippen molar-refractivity contribution in [3.05, 3.63) is 0 Å². The third kappa shape index (κ3) is 7.59. The molecule has 78 valence electrons. The summed E-state index contributed by atoms with van der Waals surface area (Å²) in [4.78, 5) is 4.27. The second-order valence-electron chi connectivity index (χ2n) is 3.44. The number of nitrogens with two attached hydrogens (primary N) is 1. The van der Waals surface area contributed by atoms with Crippen LogP contribution in [0.1, 0.15) is 33.6 Å². The fourth-order valence-electron chi connectivity index (χ4n) is 1.01. The molecule has 0 aliphatic heterocycles. The van der Waals surface area contributed by atoms with Crippen molar-refractivity contribution in [3.63, 3.8) is 0 Å². The number of hydrogen-bond acceptors (Lipinski definition) is 2. The van der Waals surface area contributed by atoms with Gasteiger partial charge < -0.3 is 5.32 Å². The SMILES string of the molecule is CCNC(=NCCCC(C)C)NN. The minimum Gasteiger partial charge on any atom is -0.356 e. The van der Waals surface area contributed by atoms with Crippen LogP contribution in [0.2, 0.25) is 0 Å². The van der Waals surface area contributed by atoms with Gasteiger partial charge in [0.2, 0.25) is 5.96 Å². The molecule has 4 nitrogen and oxygen atoms in total. The monoisotopic (exact) mass is 186 g/mol. The van der Waals surface area contributed by atoms with E-state index in [1.807, 2.05) is 6.92 Å². The van der Waals surface area contributed by atoms with Crippen molar-refractivity contribution in [1.82, 2.24) is 10.7 Å². The Morgan fingerprint density at radius 1 is 1.46 bits per heavy atom. The van der Waals surface area contributed by atoms with Gasteiger partial charge >= 0.3 is 0 Å². The van der Waals surface area contributed by atoms with Gasteiger partial charge in [-0.2, -0.15) is 0 Å². The highest BCUT2D eigenvalue weighted by Gasteiger charge is 1.94. The average Bonchev–Trinajstić information content (AvgIpc) is 2.10. The number of guanidine groups is 1. The Labute approximate surface area is 81.0 Å². The Morgan fingerprint density at radius 3 is 2.62 bits per heavy atom. The van der Waals surface area contributed by atoms with E-state index in [9.17, 15) is 0 Å². The molecule has 0 radical (unpaired) electrons. The van der Waals surface area contributed by atoms with Gasteiger partial charge in [0.1, 0.15) is 0 Å². The van der Waals surface area contributed by atoms with Gasteiger partial charge in [-0.1, -0.05) is 13.8 Å². The molecule has 13 heavy (non-hydrogen) atoms. The zero-order valence-corrected chi connectivity index (χ0v) is 8.93. The number of hydrogen-bond donors (Lipinski definition) is 3. The lowest BCUT2D eigenvalue weighted by Gasteiger charge is -2.06. The van der Waals surface area contributed by atoms with Gasteiger partial charge in [-0.05, 0) is 25.7 Å². The Hall–Kier alpha value is -0.770. The molecular weight excluding hydrogens is 164 g/mol. The number of nitrogens with one attached hydrogen (secondary N) is 2. The third-order valence-corrected chi connectivity index (χ3v) is 1.69. The first-order valence-electron chi connectivity index (χ1n) is 4.95. The molecule has 0 heterocycles. The maximum atomic E-state index is 5.26. The molecule has 0 rings (SSSR count). The normalized spacial score (nSPS) is 11.9. The number of aliphatic imine (C=N–C) groups is 1. The highest BCUT2D eigenvalue weighted by atomic mass is 15.3. The van der Waals surface area contributed by atoms with Crippen molar-refractivity contribution in [2.24, 2.45) is 16.8 Å². The van der Waals surface area contributed by atoms with Gasteiger partial charge in [0.25, 0.3) is 0 Å². The summed E-state index contributed by atoms with van der Waals surface area (Å²) in [5.41, 5.74) is 2.53. The minimum atomic E-state index is 0.686. The predicted molar refractivity (Wildman–Crippen MR) is 57.4 cm³/mol. The zero-order valence-electron chi connectivity index (χ0n) is 8.93. The first-order valence-corrected chi connectivity index (χ1v) is 4.95. The first kappa shape index (κ1) is 12.2. The quantitative estimate of drug-likeness (QED) is 0.196. The van der Waals surface area contributed by atoms with Crippen LogP contribution < -0.4 is 16.6 Å². The molecule has 0 aromatic carbocycles. The van der Waals surface area contributed by atoms with E-state index in [1.165, 1.54) is 6.42 Å². The van der Waals surface area contributed by atoms with E-state index >= 15 is 0 Å². The molecule has 0 spiro atoms. The highest BCUT2D eigenvalue weighted by Crippen LogP contribution is 2.02. The van der Waals surface area contributed by atoms with Crippen LogP contribution in [0.4, 0.5) is 0 Å². The molecular formula is C9H22N4. The Balaban J connectivity index is 3.54. The van der Waals surface area contributed by atoms with Crippen molar-refractivity contribution in [1.29, 1.82) is 0 Å². The van der Waals surface area contributed by atoms with Crippen LogP contribution >= 0.6 is 0 Å². The van der Waals surface area contributed by atoms with Crippen LogP contribution in [-0.4, -0.2) is 19.0 Å². The van der Waals surface area contributed by atoms with E-state index in [0.29, 0.717) is 5.96 Å². The lowest BCUT2D eigenvalue weighted by atomic mass is 10.1. The summed E-state index contributed by atoms with van der Waals surface area (Å²) in [6.07, 6.45) is 2.34. The number of hydrazine groups is 1. The van der Waals surface area contributed by atoms with Gasteiger partial charge in [-0.3, -0.25) is 10.4 Å². The summed E-state index contributed by atoms with van der Waals surface area (Å²) < 4.78 is 0. The topological polar surface area (TPSA) is 62.4 Å². The third-order valence-electron chi connectivity index (χ3n) is 1.69. The van der Waals surface area contributed by atoms with E-state index < -0.39 is 0 Å². The minimum absolute atomic E-state index is 0.686. The van der Waals surface area contributed by atoms with E-state index in [4.69, 9.17) is 5.84 Å². The smallest absolute Gasteiger partial charge is 0.205 e. The van der Waals surface area contributed by atoms with Crippen molar-refractivity contribution < 1.29 is 0 Å². The maximum Gasteiger partial charge on any atom is 0.205 e. The molecule has 4 N–H and O–H groups in total. The second kappa shape index (κ2) is 7.86. The average molecular weight is 186 g/mol. The van der Waals surface area contributed by atoms with Gasteiger partial charge in [-0.15, -0.1) is 0 Å². The Morgan fingerprint density at radius 2 is 2.15 bits per heavy atom. The van der Waals surface area contributed by atoms with Crippen molar-refractivity contribution in [2.45, 2.75) is 33.6 Å². The van der Waals surface area contributed by atoms with Crippen LogP contribution in [-0.2, 0) is 0 Å². The fraction of sp³-hybridized carbons (Fsp3) is 0.889. The Bertz CT molecular complexity index is 143. The van der Waals surface area contributed by atoms with Crippen molar-refractivity contribution in [3.8, 4) is 0 Å². The maximum absolute atomic E-state index is 5.26. The summed E-state index contributed by atoms with van der Waals surface area (Å²) in [5, 5.41) is 3.03. The van der Waals surface area contributed by atoms with E-state index in [1.54, 1.807) is 0 Å². The molecule has 0 aromatic heterocycles. The summed E-state index contributed by atoms with van der Waals surface area (Å²) >= 11 is 0. The van der Waals surface area contributed by atoms with Crippen molar-refractivity contribution >= 4 is 5.96 Å². The standard InChI is InChI=1S/C9H22N4/c1-4-11-9(13-10)12-7-5-6-8(2)3/h8H,4-7,10H2,1-3H3,(H2,11,12,13). The van der Waals surface area contributed by atoms with E-state index in [2.05, 4.69) is 29.6 Å². The molecule has 0 atom stereocenters. The number of rotatable bonds is 5. The van der Waals surface area contributed by atoms with Gasteiger partial charge in [-0.25, -0.2) is 5.84 Å². The fourth-order valence-corrected chi connectivity index (χ4v) is 1.01. The second-order valence-corrected chi connectivity index (χ2v) is 3.44. The van der Waals surface area contributed by atoms with Crippen LogP contribution in [0.15, 0.2) is 4.99 Å². The molecule has 4 heteroatoms. The van der Waals surface area contributed by atoms with Crippen LogP contribution in [0.5, 0.6) is 0 Å². The summed E-state index contributed by atoms with van der Waals surface area (Å²) in [6, 6.07) is 0. The van der Waals surface area contributed by atoms with Crippen molar-refractivity contribution in [2.75, 3.05) is 13.1 Å². The summed E-state index contributed by atoms with van der Waals surface area (Å²) in [5.74, 6) is 6.70. The molecule has 0 fully saturated rings. The summed E-state index contributed by atoms with van der Waals surface area (Å²) in [6.45, 7) is 8.13. The lowest BCUT2D eigenvalue weighted by Crippen LogP contribution is -2.41. The molecule has 0 aromatic rings. The lowest BCUT2D eigenvalue weighted by molar-refractivity contribution is 0.560. The van der Waals surface area contributed by atoms with Crippen LogP contribution in [0.3, 0.4) is 0 Å². The molecule has 0 saturated carbocycles. The highest BCUT2D eigenvalue weighted by molar-refractivity contribution is 5.78. The molecule has 0 aliphatic rings. The molecule has 0 bridgehead atoms. The molecule has 0 amide bonds. The largest absolute Gasteiger partial charge is 0.356 e. The van der Waals surface area contributed by atoms with E-state index in [0.717, 1.165) is 25.4 Å². The molecule has 0 aliphatic carbocycles. The molecule has 0 unspecified atom stereocenters. The van der Waals surface area contributed by atoms with Crippen LogP contribution in [0.25, 0.3) is 0 Å². The van der Waals surface area contributed by atoms with Gasteiger partial charge in [0.05, 0.1) is 0 Å². The van der Waals surface area contributed by atoms with Gasteiger partial charge in [0.15, 0.2) is 0 Å². The predicted octanol–water partition coefficient (Wildman–Crippen LogP) is 0.851. The first-order chi connectivity index (χ1) is 6.20. The van der Waals surface area contributed by atoms with E-state index in [-0.39, 0.29) is 0 Å².